The second kappa shape index (κ2) is 10.9. The monoisotopic (exact) mass is 497 g/mol. The summed E-state index contributed by atoms with van der Waals surface area (Å²) >= 11 is 0. The maximum absolute atomic E-state index is 15.5. The molecule has 8 heteroatoms. The molecule has 1 fully saturated rings. The topological polar surface area (TPSA) is 98.1 Å². The summed E-state index contributed by atoms with van der Waals surface area (Å²) < 4.78 is 25.8. The number of halogens is 1. The third-order valence-corrected chi connectivity index (χ3v) is 6.97. The van der Waals surface area contributed by atoms with Crippen LogP contribution in [0.2, 0.25) is 0 Å². The first-order chi connectivity index (χ1) is 17.1. The summed E-state index contributed by atoms with van der Waals surface area (Å²) in [6.45, 7) is 7.09. The minimum atomic E-state index is -0.641. The zero-order chi connectivity index (χ0) is 25.9. The molecule has 1 saturated carbocycles. The first-order valence-corrected chi connectivity index (χ1v) is 13.0. The summed E-state index contributed by atoms with van der Waals surface area (Å²) in [7, 11) is 0. The summed E-state index contributed by atoms with van der Waals surface area (Å²) in [6.07, 6.45) is 9.31. The van der Waals surface area contributed by atoms with Gasteiger partial charge in [0.2, 0.25) is 0 Å². The molecule has 0 radical (unpaired) electrons. The van der Waals surface area contributed by atoms with Gasteiger partial charge in [-0.15, -0.1) is 0 Å². The normalized spacial score (nSPS) is 16.5. The van der Waals surface area contributed by atoms with E-state index in [1.807, 2.05) is 0 Å². The highest BCUT2D eigenvalue weighted by Gasteiger charge is 2.31. The van der Waals surface area contributed by atoms with Crippen LogP contribution in [0.15, 0.2) is 22.9 Å². The summed E-state index contributed by atoms with van der Waals surface area (Å²) in [6, 6.07) is 3.34. The van der Waals surface area contributed by atoms with Crippen LogP contribution in [0.25, 0.3) is 11.0 Å². The summed E-state index contributed by atoms with van der Waals surface area (Å²) in [5.41, 5.74) is 1.40. The lowest BCUT2D eigenvalue weighted by Gasteiger charge is -2.27. The fourth-order valence-corrected chi connectivity index (χ4v) is 5.19. The van der Waals surface area contributed by atoms with Crippen molar-refractivity contribution < 1.29 is 23.2 Å². The third kappa shape index (κ3) is 6.20. The molecule has 1 aliphatic carbocycles. The standard InChI is InChI=1S/C28H36FN3O4/c1-17-21(16-35-32-17)23(33)15-20(18-10-8-6-5-7-9-11-18)27-30-22-13-12-19(25(29)26(22)31-27)14-24(34)36-28(2,3)4/h12-13,16,18,20H,5-11,14-15H2,1-4H3,(H,30,31). The number of Topliss-reactive ketones (excluding diaryl/α,β-unsaturated/α-hetero) is 1. The van der Waals surface area contributed by atoms with Gasteiger partial charge in [0.15, 0.2) is 11.6 Å². The van der Waals surface area contributed by atoms with Gasteiger partial charge in [0.05, 0.1) is 23.2 Å². The third-order valence-electron chi connectivity index (χ3n) is 6.97. The van der Waals surface area contributed by atoms with E-state index in [-0.39, 0.29) is 41.5 Å². The molecular weight excluding hydrogens is 461 g/mol. The molecule has 4 rings (SSSR count). The zero-order valence-corrected chi connectivity index (χ0v) is 21.7. The number of aryl methyl sites for hydroxylation is 1. The van der Waals surface area contributed by atoms with E-state index in [4.69, 9.17) is 9.26 Å². The highest BCUT2D eigenvalue weighted by atomic mass is 19.1. The number of aromatic nitrogens is 3. The van der Waals surface area contributed by atoms with Gasteiger partial charge in [-0.05, 0) is 52.5 Å². The molecule has 2 heterocycles. The van der Waals surface area contributed by atoms with Gasteiger partial charge in [0, 0.05) is 17.9 Å². The Labute approximate surface area is 211 Å². The number of hydrogen-bond acceptors (Lipinski definition) is 6. The van der Waals surface area contributed by atoms with Gasteiger partial charge < -0.3 is 14.2 Å². The van der Waals surface area contributed by atoms with Crippen molar-refractivity contribution in [1.82, 2.24) is 15.1 Å². The number of carbonyl (C=O) groups excluding carboxylic acids is 2. The van der Waals surface area contributed by atoms with Crippen molar-refractivity contribution >= 4 is 22.8 Å². The molecule has 194 valence electrons. The molecular formula is C28H36FN3O4. The van der Waals surface area contributed by atoms with Crippen molar-refractivity contribution in [3.63, 3.8) is 0 Å². The molecule has 0 saturated heterocycles. The second-order valence-electron chi connectivity index (χ2n) is 11.0. The van der Waals surface area contributed by atoms with E-state index < -0.39 is 17.4 Å². The maximum atomic E-state index is 15.5. The highest BCUT2D eigenvalue weighted by molar-refractivity contribution is 5.97. The highest BCUT2D eigenvalue weighted by Crippen LogP contribution is 2.38. The average Bonchev–Trinajstić information content (AvgIpc) is 3.39. The Morgan fingerprint density at radius 3 is 2.50 bits per heavy atom. The Kier molecular flexibility index (Phi) is 7.91. The van der Waals surface area contributed by atoms with Crippen molar-refractivity contribution in [2.45, 2.75) is 97.0 Å². The first kappa shape index (κ1) is 26.0. The Bertz CT molecular complexity index is 1220. The van der Waals surface area contributed by atoms with E-state index >= 15 is 4.39 Å². The number of imidazole rings is 1. The number of esters is 1. The molecule has 7 nitrogen and oxygen atoms in total. The number of H-pyrrole nitrogens is 1. The SMILES string of the molecule is Cc1nocc1C(=O)CC(c1nc2c(F)c(CC(=O)OC(C)(C)C)ccc2[nH]1)C1CCCCCCC1. The van der Waals surface area contributed by atoms with Gasteiger partial charge in [0.1, 0.15) is 23.2 Å². The maximum Gasteiger partial charge on any atom is 0.310 e. The molecule has 1 atom stereocenters. The molecule has 0 spiro atoms. The number of benzene rings is 1. The van der Waals surface area contributed by atoms with E-state index in [2.05, 4.69) is 15.1 Å². The number of carbonyl (C=O) groups is 2. The van der Waals surface area contributed by atoms with E-state index in [1.54, 1.807) is 39.8 Å². The lowest BCUT2D eigenvalue weighted by Crippen LogP contribution is -2.25. The van der Waals surface area contributed by atoms with Gasteiger partial charge in [-0.2, -0.15) is 0 Å². The summed E-state index contributed by atoms with van der Waals surface area (Å²) in [5.74, 6) is -0.360. The van der Waals surface area contributed by atoms with E-state index in [0.29, 0.717) is 22.6 Å². The minimum absolute atomic E-state index is 0.0487. The minimum Gasteiger partial charge on any atom is -0.460 e. The number of ketones is 1. The lowest BCUT2D eigenvalue weighted by molar-refractivity contribution is -0.153. The van der Waals surface area contributed by atoms with Gasteiger partial charge >= 0.3 is 5.97 Å². The van der Waals surface area contributed by atoms with Gasteiger partial charge in [-0.1, -0.05) is 43.3 Å². The van der Waals surface area contributed by atoms with Crippen LogP contribution in [0.4, 0.5) is 4.39 Å². The van der Waals surface area contributed by atoms with E-state index in [9.17, 15) is 9.59 Å². The number of rotatable bonds is 7. The zero-order valence-electron chi connectivity index (χ0n) is 21.7. The Morgan fingerprint density at radius 2 is 1.86 bits per heavy atom. The number of hydrogen-bond donors (Lipinski definition) is 1. The number of nitrogens with zero attached hydrogens (tertiary/aromatic N) is 2. The smallest absolute Gasteiger partial charge is 0.310 e. The van der Waals surface area contributed by atoms with Crippen molar-refractivity contribution in [2.75, 3.05) is 0 Å². The van der Waals surface area contributed by atoms with Gasteiger partial charge in [-0.25, -0.2) is 9.37 Å². The molecule has 1 unspecified atom stereocenters. The predicted molar refractivity (Wildman–Crippen MR) is 134 cm³/mol. The molecule has 0 amide bonds. The largest absolute Gasteiger partial charge is 0.460 e. The number of nitrogens with one attached hydrogen (secondary N) is 1. The quantitative estimate of drug-likeness (QED) is 0.292. The fraction of sp³-hybridized carbons (Fsp3) is 0.571. The Hall–Kier alpha value is -3.03. The molecule has 0 bridgehead atoms. The van der Waals surface area contributed by atoms with Crippen LogP contribution in [-0.2, 0) is 16.0 Å². The van der Waals surface area contributed by atoms with Gasteiger partial charge in [0.25, 0.3) is 0 Å². The molecule has 1 N–H and O–H groups in total. The predicted octanol–water partition coefficient (Wildman–Crippen LogP) is 6.60. The Morgan fingerprint density at radius 1 is 1.17 bits per heavy atom. The van der Waals surface area contributed by atoms with Crippen LogP contribution >= 0.6 is 0 Å². The lowest BCUT2D eigenvalue weighted by atomic mass is 9.78. The second-order valence-corrected chi connectivity index (χ2v) is 11.0. The van der Waals surface area contributed by atoms with Crippen molar-refractivity contribution in [2.24, 2.45) is 5.92 Å². The van der Waals surface area contributed by atoms with Crippen molar-refractivity contribution in [3.05, 3.63) is 46.9 Å². The number of ether oxygens (including phenoxy) is 1. The molecule has 2 aromatic heterocycles. The number of aromatic amines is 1. The van der Waals surface area contributed by atoms with Crippen LogP contribution in [0, 0.1) is 18.7 Å². The fourth-order valence-electron chi connectivity index (χ4n) is 5.19. The van der Waals surface area contributed by atoms with Crippen LogP contribution in [0.1, 0.15) is 105 Å². The van der Waals surface area contributed by atoms with Crippen LogP contribution in [-0.4, -0.2) is 32.5 Å². The van der Waals surface area contributed by atoms with Crippen LogP contribution < -0.4 is 0 Å². The molecule has 1 aliphatic rings. The summed E-state index contributed by atoms with van der Waals surface area (Å²) in [4.78, 5) is 33.5. The van der Waals surface area contributed by atoms with Crippen LogP contribution in [0.5, 0.6) is 0 Å². The number of fused-ring (bicyclic) bond motifs is 1. The molecule has 0 aliphatic heterocycles. The molecule has 36 heavy (non-hydrogen) atoms. The Balaban J connectivity index is 1.65. The van der Waals surface area contributed by atoms with Crippen molar-refractivity contribution in [3.8, 4) is 0 Å². The molecule has 1 aromatic carbocycles. The van der Waals surface area contributed by atoms with Crippen molar-refractivity contribution in [1.29, 1.82) is 0 Å². The van der Waals surface area contributed by atoms with Crippen LogP contribution in [0.3, 0.4) is 0 Å². The average molecular weight is 498 g/mol. The van der Waals surface area contributed by atoms with E-state index in [0.717, 1.165) is 25.7 Å². The summed E-state index contributed by atoms with van der Waals surface area (Å²) in [5, 5.41) is 3.85. The first-order valence-electron chi connectivity index (χ1n) is 13.0. The van der Waals surface area contributed by atoms with Gasteiger partial charge in [-0.3, -0.25) is 9.59 Å². The van der Waals surface area contributed by atoms with E-state index in [1.165, 1.54) is 25.5 Å². The molecule has 3 aromatic rings.